The molecule has 0 aliphatic carbocycles. The first-order chi connectivity index (χ1) is 13.5. The van der Waals surface area contributed by atoms with Gasteiger partial charge in [-0.3, -0.25) is 0 Å². The van der Waals surface area contributed by atoms with Crippen LogP contribution in [0.1, 0.15) is 103 Å². The summed E-state index contributed by atoms with van der Waals surface area (Å²) in [5.41, 5.74) is 5.88. The van der Waals surface area contributed by atoms with Crippen molar-refractivity contribution in [2.45, 2.75) is 134 Å². The molecule has 28 heavy (non-hydrogen) atoms. The van der Waals surface area contributed by atoms with Crippen molar-refractivity contribution >= 4 is 0 Å². The Morgan fingerprint density at radius 1 is 0.571 bits per heavy atom. The van der Waals surface area contributed by atoms with E-state index in [2.05, 4.69) is 6.92 Å². The van der Waals surface area contributed by atoms with Gasteiger partial charge in [-0.05, 0) is 6.42 Å². The van der Waals surface area contributed by atoms with E-state index < -0.39 is 37.1 Å². The topological polar surface area (TPSA) is 127 Å². The summed E-state index contributed by atoms with van der Waals surface area (Å²) < 4.78 is 0. The van der Waals surface area contributed by atoms with Crippen LogP contribution in [-0.4, -0.2) is 62.6 Å². The van der Waals surface area contributed by atoms with Gasteiger partial charge >= 0.3 is 0 Å². The Kier molecular flexibility index (Phi) is 18.6. The summed E-state index contributed by atoms with van der Waals surface area (Å²) in [6.45, 7) is 1.57. The molecule has 0 aliphatic rings. The van der Waals surface area contributed by atoms with Crippen LogP contribution in [0.15, 0.2) is 0 Å². The zero-order valence-electron chi connectivity index (χ0n) is 18.0. The van der Waals surface area contributed by atoms with E-state index in [0.29, 0.717) is 6.42 Å². The molecule has 6 heteroatoms. The molecule has 0 saturated carbocycles. The zero-order chi connectivity index (χ0) is 21.2. The first-order valence-electron chi connectivity index (χ1n) is 11.5. The average Bonchev–Trinajstić information content (AvgIpc) is 2.71. The van der Waals surface area contributed by atoms with Crippen LogP contribution in [-0.2, 0) is 0 Å². The molecular formula is C22H47NO5. The minimum absolute atomic E-state index is 0.554. The summed E-state index contributed by atoms with van der Waals surface area (Å²) in [7, 11) is 0. The largest absolute Gasteiger partial charge is 0.394 e. The summed E-state index contributed by atoms with van der Waals surface area (Å²) >= 11 is 0. The summed E-state index contributed by atoms with van der Waals surface area (Å²) in [5.74, 6) is 0. The number of hydrogen-bond acceptors (Lipinski definition) is 6. The normalized spacial score (nSPS) is 17.2. The SMILES string of the molecule is CCCCCCCCCCCCCCCCC(N)[C@H](O)[C@@H](O)[C@H](O)[C@H](O)CO. The van der Waals surface area contributed by atoms with Gasteiger partial charge < -0.3 is 31.3 Å². The Hall–Kier alpha value is -0.240. The van der Waals surface area contributed by atoms with E-state index in [9.17, 15) is 20.4 Å². The van der Waals surface area contributed by atoms with E-state index in [1.54, 1.807) is 0 Å². The molecule has 0 radical (unpaired) electrons. The van der Waals surface area contributed by atoms with Crippen molar-refractivity contribution in [3.63, 3.8) is 0 Å². The molecule has 0 bridgehead atoms. The van der Waals surface area contributed by atoms with Gasteiger partial charge in [-0.2, -0.15) is 0 Å². The Morgan fingerprint density at radius 3 is 1.36 bits per heavy atom. The van der Waals surface area contributed by atoms with Crippen molar-refractivity contribution in [3.8, 4) is 0 Å². The molecule has 0 spiro atoms. The average molecular weight is 406 g/mol. The van der Waals surface area contributed by atoms with Crippen LogP contribution in [0, 0.1) is 0 Å². The van der Waals surface area contributed by atoms with Crippen molar-refractivity contribution in [2.24, 2.45) is 5.73 Å². The van der Waals surface area contributed by atoms with Gasteiger partial charge in [-0.15, -0.1) is 0 Å². The summed E-state index contributed by atoms with van der Waals surface area (Å²) in [5, 5.41) is 47.5. The fourth-order valence-corrected chi connectivity index (χ4v) is 3.54. The molecule has 7 N–H and O–H groups in total. The van der Waals surface area contributed by atoms with Gasteiger partial charge in [0.25, 0.3) is 0 Å². The molecule has 0 fully saturated rings. The first kappa shape index (κ1) is 27.8. The van der Waals surface area contributed by atoms with E-state index in [1.165, 1.54) is 70.6 Å². The number of rotatable bonds is 20. The zero-order valence-corrected chi connectivity index (χ0v) is 18.0. The van der Waals surface area contributed by atoms with Crippen LogP contribution >= 0.6 is 0 Å². The Morgan fingerprint density at radius 2 is 0.964 bits per heavy atom. The molecule has 6 nitrogen and oxygen atoms in total. The molecular weight excluding hydrogens is 358 g/mol. The maximum Gasteiger partial charge on any atom is 0.111 e. The molecule has 0 aliphatic heterocycles. The molecule has 0 aromatic carbocycles. The maximum absolute atomic E-state index is 9.98. The minimum Gasteiger partial charge on any atom is -0.394 e. The molecule has 1 unspecified atom stereocenters. The predicted molar refractivity (Wildman–Crippen MR) is 114 cm³/mol. The number of nitrogens with two attached hydrogens (primary N) is 1. The van der Waals surface area contributed by atoms with E-state index >= 15 is 0 Å². The molecule has 0 aromatic rings. The molecule has 0 aromatic heterocycles. The highest BCUT2D eigenvalue weighted by Crippen LogP contribution is 2.15. The summed E-state index contributed by atoms with van der Waals surface area (Å²) in [4.78, 5) is 0. The summed E-state index contributed by atoms with van der Waals surface area (Å²) in [6, 6.07) is -0.659. The third-order valence-electron chi connectivity index (χ3n) is 5.61. The monoisotopic (exact) mass is 405 g/mol. The van der Waals surface area contributed by atoms with E-state index in [0.717, 1.165) is 19.3 Å². The van der Waals surface area contributed by atoms with Crippen LogP contribution in [0.2, 0.25) is 0 Å². The van der Waals surface area contributed by atoms with Crippen LogP contribution < -0.4 is 5.73 Å². The van der Waals surface area contributed by atoms with Crippen LogP contribution in [0.4, 0.5) is 0 Å². The van der Waals surface area contributed by atoms with Crippen LogP contribution in [0.5, 0.6) is 0 Å². The lowest BCUT2D eigenvalue weighted by Crippen LogP contribution is -2.52. The highest BCUT2D eigenvalue weighted by Gasteiger charge is 2.32. The Balaban J connectivity index is 3.52. The predicted octanol–water partition coefficient (Wildman–Crippen LogP) is 2.62. The van der Waals surface area contributed by atoms with Gasteiger partial charge in [0.2, 0.25) is 0 Å². The number of aliphatic hydroxyl groups excluding tert-OH is 5. The van der Waals surface area contributed by atoms with Gasteiger partial charge in [0.15, 0.2) is 0 Å². The van der Waals surface area contributed by atoms with Crippen LogP contribution in [0.3, 0.4) is 0 Å². The maximum atomic E-state index is 9.98. The van der Waals surface area contributed by atoms with E-state index in [-0.39, 0.29) is 0 Å². The van der Waals surface area contributed by atoms with Crippen molar-refractivity contribution in [2.75, 3.05) is 6.61 Å². The van der Waals surface area contributed by atoms with Gasteiger partial charge in [-0.25, -0.2) is 0 Å². The van der Waals surface area contributed by atoms with Gasteiger partial charge in [-0.1, -0.05) is 96.8 Å². The van der Waals surface area contributed by atoms with Crippen molar-refractivity contribution in [1.29, 1.82) is 0 Å². The highest BCUT2D eigenvalue weighted by molar-refractivity contribution is 4.86. The Labute approximate surface area is 172 Å². The lowest BCUT2D eigenvalue weighted by molar-refractivity contribution is -0.120. The van der Waals surface area contributed by atoms with Crippen molar-refractivity contribution in [1.82, 2.24) is 0 Å². The van der Waals surface area contributed by atoms with Crippen molar-refractivity contribution in [3.05, 3.63) is 0 Å². The second-order valence-electron chi connectivity index (χ2n) is 8.27. The smallest absolute Gasteiger partial charge is 0.111 e. The van der Waals surface area contributed by atoms with Crippen molar-refractivity contribution < 1.29 is 25.5 Å². The van der Waals surface area contributed by atoms with E-state index in [1.807, 2.05) is 0 Å². The third-order valence-corrected chi connectivity index (χ3v) is 5.61. The fraction of sp³-hybridized carbons (Fsp3) is 1.00. The molecule has 170 valence electrons. The number of unbranched alkanes of at least 4 members (excludes halogenated alkanes) is 13. The lowest BCUT2D eigenvalue weighted by atomic mass is 9.94. The van der Waals surface area contributed by atoms with Crippen LogP contribution in [0.25, 0.3) is 0 Å². The first-order valence-corrected chi connectivity index (χ1v) is 11.5. The molecule has 0 heterocycles. The highest BCUT2D eigenvalue weighted by atomic mass is 16.4. The lowest BCUT2D eigenvalue weighted by Gasteiger charge is -2.29. The third kappa shape index (κ3) is 13.9. The fourth-order valence-electron chi connectivity index (χ4n) is 3.54. The molecule has 0 amide bonds. The second kappa shape index (κ2) is 18.8. The van der Waals surface area contributed by atoms with Gasteiger partial charge in [0.1, 0.15) is 18.3 Å². The number of aliphatic hydroxyl groups is 5. The standard InChI is InChI=1S/C22H47NO5/c1-2-3-4-5-6-7-8-9-10-11-12-13-14-15-16-18(23)20(26)22(28)21(27)19(25)17-24/h18-22,24-28H,2-17,23H2,1H3/t18?,19-,20+,21-,22-/m1/s1. The molecule has 0 saturated heterocycles. The minimum atomic E-state index is -1.61. The quantitative estimate of drug-likeness (QED) is 0.173. The second-order valence-corrected chi connectivity index (χ2v) is 8.27. The van der Waals surface area contributed by atoms with Gasteiger partial charge in [0.05, 0.1) is 12.7 Å². The Bertz CT molecular complexity index is 332. The molecule has 5 atom stereocenters. The number of hydrogen-bond donors (Lipinski definition) is 6. The summed E-state index contributed by atoms with van der Waals surface area (Å²) in [6.07, 6.45) is 12.3. The molecule has 0 rings (SSSR count). The van der Waals surface area contributed by atoms with E-state index in [4.69, 9.17) is 10.8 Å². The van der Waals surface area contributed by atoms with Gasteiger partial charge in [0, 0.05) is 6.04 Å².